The molecule has 0 saturated carbocycles. The number of hydrogen-bond acceptors (Lipinski definition) is 8. The average molecular weight is 597 g/mol. The third kappa shape index (κ3) is 64600. The number of carbonyl (C=O) groups is 2. The second-order valence-corrected chi connectivity index (χ2v) is 1.28. The van der Waals surface area contributed by atoms with Gasteiger partial charge in [-0.2, -0.15) is 0 Å². The molecule has 0 aliphatic carbocycles. The maximum atomic E-state index is 8.58. The van der Waals surface area contributed by atoms with Crippen LogP contribution in [0.4, 0.5) is 9.59 Å². The molecule has 0 rings (SSSR count). The van der Waals surface area contributed by atoms with Gasteiger partial charge >= 0.3 is 59.6 Å². The van der Waals surface area contributed by atoms with E-state index in [1.54, 1.807) is 0 Å². The van der Waals surface area contributed by atoms with E-state index in [0.717, 1.165) is 0 Å². The van der Waals surface area contributed by atoms with Gasteiger partial charge in [-0.1, -0.05) is 0 Å². The van der Waals surface area contributed by atoms with E-state index in [0.29, 0.717) is 0 Å². The van der Waals surface area contributed by atoms with Crippen LogP contribution in [-0.2, 0) is 4.47 Å². The van der Waals surface area contributed by atoms with Gasteiger partial charge in [-0.15, -0.1) is 0 Å². The van der Waals surface area contributed by atoms with Crippen molar-refractivity contribution in [3.63, 3.8) is 0 Å². The van der Waals surface area contributed by atoms with Gasteiger partial charge in [-0.25, -0.2) is 0 Å². The molecule has 0 amide bonds. The minimum Gasteiger partial charge on any atom is 2.00 e. The Morgan fingerprint density at radius 3 is 0.833 bits per heavy atom. The van der Waals surface area contributed by atoms with E-state index in [-0.39, 0.29) is 27.3 Å². The molecule has 0 spiro atoms. The molecule has 0 N–H and O–H groups in total. The standard InChI is InChI=1S/2CH2O3.2O.Pb.U/c2*2-1(3)4;;;;/h2*(H2,2,3,4);;;;/q;;;;2*+2/p-4. The average Bonchev–Trinajstić information content (AvgIpc) is 1.60. The normalized spacial score (nSPS) is 4.67. The molecular weight excluding hydrogens is 597 g/mol. The van der Waals surface area contributed by atoms with E-state index in [9.17, 15) is 0 Å². The maximum absolute atomic E-state index is 8.58. The van der Waals surface area contributed by atoms with Crippen LogP contribution >= 0.6 is 0 Å². The first-order valence-electron chi connectivity index (χ1n) is 1.63. The third-order valence-electron chi connectivity index (χ3n) is 0. The molecule has 0 aromatic heterocycles. The first-order valence-corrected chi connectivity index (χ1v) is 5.03. The summed E-state index contributed by atoms with van der Waals surface area (Å²) >= 11 is -2.51. The summed E-state index contributed by atoms with van der Waals surface area (Å²) in [5, 5.41) is 33.3. The molecule has 12 heavy (non-hydrogen) atoms. The SMILES string of the molecule is O=C([O-])[O-].O=C([O-])[O-].[O]=[U+2]=[O].[Pb+2]. The van der Waals surface area contributed by atoms with Crippen LogP contribution in [0.3, 0.4) is 0 Å². The second-order valence-electron chi connectivity index (χ2n) is 0.583. The van der Waals surface area contributed by atoms with Crippen LogP contribution in [0.25, 0.3) is 0 Å². The Bertz CT molecular complexity index is 129. The molecule has 64 valence electrons. The van der Waals surface area contributed by atoms with Gasteiger partial charge in [0.2, 0.25) is 0 Å². The van der Waals surface area contributed by atoms with Gasteiger partial charge < -0.3 is 30.0 Å². The summed E-state index contributed by atoms with van der Waals surface area (Å²) in [6.07, 6.45) is -4.67. The Morgan fingerprint density at radius 1 is 0.833 bits per heavy atom. The van der Waals surface area contributed by atoms with Crippen LogP contribution in [0.15, 0.2) is 0 Å². The molecule has 0 aromatic rings. The van der Waals surface area contributed by atoms with Crippen molar-refractivity contribution in [2.24, 2.45) is 0 Å². The fraction of sp³-hybridized carbons (Fsp3) is 0. The van der Waals surface area contributed by atoms with Crippen molar-refractivity contribution >= 4 is 39.6 Å². The van der Waals surface area contributed by atoms with Gasteiger partial charge in [0.25, 0.3) is 0 Å². The molecule has 0 aliphatic rings. The molecule has 0 unspecified atom stereocenters. The molecule has 0 fully saturated rings. The molecule has 0 saturated heterocycles. The fourth-order valence-electron chi connectivity index (χ4n) is 0. The number of carboxylic acid groups (broad SMARTS) is 4. The van der Waals surface area contributed by atoms with Crippen LogP contribution < -0.4 is 20.4 Å². The summed E-state index contributed by atoms with van der Waals surface area (Å²) in [6, 6.07) is 0. The summed E-state index contributed by atoms with van der Waals surface area (Å²) in [5.74, 6) is 0. The van der Waals surface area contributed by atoms with Gasteiger partial charge in [0.05, 0.1) is 0 Å². The Balaban J connectivity index is -0.0000000389. The van der Waals surface area contributed by atoms with Gasteiger partial charge in [-0.05, 0) is 12.3 Å². The van der Waals surface area contributed by atoms with E-state index in [4.69, 9.17) is 34.5 Å². The van der Waals surface area contributed by atoms with E-state index >= 15 is 0 Å². The zero-order chi connectivity index (χ0) is 9.86. The van der Waals surface area contributed by atoms with Crippen LogP contribution in [0.5, 0.6) is 0 Å². The molecule has 0 atom stereocenters. The van der Waals surface area contributed by atoms with Crippen molar-refractivity contribution in [1.82, 2.24) is 0 Å². The Hall–Kier alpha value is 0.114. The number of rotatable bonds is 0. The Labute approximate surface area is 101 Å². The minimum absolute atomic E-state index is 0. The molecule has 0 aromatic carbocycles. The molecule has 10 heteroatoms. The van der Waals surface area contributed by atoms with Gasteiger partial charge in [0.15, 0.2) is 0 Å². The van der Waals surface area contributed by atoms with E-state index in [1.807, 2.05) is 0 Å². The molecule has 0 bridgehead atoms. The predicted molar refractivity (Wildman–Crippen MR) is 17.9 cm³/mol. The molecule has 8 nitrogen and oxygen atoms in total. The fourth-order valence-corrected chi connectivity index (χ4v) is 0. The van der Waals surface area contributed by atoms with Gasteiger partial charge in [-0.3, -0.25) is 0 Å². The van der Waals surface area contributed by atoms with Crippen molar-refractivity contribution in [3.05, 3.63) is 0 Å². The van der Waals surface area contributed by atoms with Crippen molar-refractivity contribution in [2.45, 2.75) is 0 Å². The van der Waals surface area contributed by atoms with Gasteiger partial charge in [0, 0.05) is 0 Å². The quantitative estimate of drug-likeness (QED) is 0.250. The van der Waals surface area contributed by atoms with Crippen molar-refractivity contribution in [1.29, 1.82) is 0 Å². The molecular formula is C2O8PbU. The molecule has 0 aliphatic heterocycles. The first-order chi connectivity index (χ1) is 4.88. The summed E-state index contributed by atoms with van der Waals surface area (Å²) in [6.45, 7) is 0. The first kappa shape index (κ1) is 22.7. The zero-order valence-electron chi connectivity index (χ0n) is 5.27. The summed E-state index contributed by atoms with van der Waals surface area (Å²) in [4.78, 5) is 16.7. The van der Waals surface area contributed by atoms with Crippen molar-refractivity contribution in [3.8, 4) is 0 Å². The molecule has 0 heterocycles. The van der Waals surface area contributed by atoms with Crippen LogP contribution in [0, 0.1) is 27.8 Å². The maximum Gasteiger partial charge on any atom is 2.00 e. The van der Waals surface area contributed by atoms with Crippen LogP contribution in [0.1, 0.15) is 0 Å². The number of hydrogen-bond donors (Lipinski definition) is 0. The summed E-state index contributed by atoms with van der Waals surface area (Å²) in [5.41, 5.74) is 0. The monoisotopic (exact) mass is 598 g/mol. The third-order valence-corrected chi connectivity index (χ3v) is 0. The topological polar surface area (TPSA) is 161 Å². The smallest absolute Gasteiger partial charge is 2.00 e. The van der Waals surface area contributed by atoms with E-state index < -0.39 is 40.1 Å². The zero-order valence-corrected chi connectivity index (χ0v) is 13.3. The van der Waals surface area contributed by atoms with Crippen molar-refractivity contribution < 1.29 is 62.3 Å². The Kier molecular flexibility index (Phi) is 42.5. The van der Waals surface area contributed by atoms with Crippen LogP contribution in [0.2, 0.25) is 0 Å². The van der Waals surface area contributed by atoms with Gasteiger partial charge in [0.1, 0.15) is 0 Å². The molecule has 2 radical (unpaired) electrons. The number of carbonyl (C=O) groups excluding carboxylic acids is 2. The second kappa shape index (κ2) is 22.5. The minimum atomic E-state index is -2.51. The van der Waals surface area contributed by atoms with E-state index in [1.165, 1.54) is 0 Å². The van der Waals surface area contributed by atoms with Crippen molar-refractivity contribution in [2.75, 3.05) is 0 Å². The summed E-state index contributed by atoms with van der Waals surface area (Å²) < 4.78 is 17.2. The predicted octanol–water partition coefficient (Wildman–Crippen LogP) is -5.51. The van der Waals surface area contributed by atoms with Crippen LogP contribution in [-0.4, -0.2) is 39.6 Å². The largest absolute Gasteiger partial charge is 2.00 e. The van der Waals surface area contributed by atoms with E-state index in [2.05, 4.69) is 0 Å². The summed E-state index contributed by atoms with van der Waals surface area (Å²) in [7, 11) is 0. The Morgan fingerprint density at radius 2 is 0.833 bits per heavy atom.